The number of amides is 2. The number of hydrogen-bond acceptors (Lipinski definition) is 6. The third kappa shape index (κ3) is 9.14. The maximum Gasteiger partial charge on any atom is 0.338 e. The van der Waals surface area contributed by atoms with Crippen LogP contribution in [0.15, 0.2) is 48.5 Å². The summed E-state index contributed by atoms with van der Waals surface area (Å²) in [5.74, 6) is -1.88. The number of unbranched alkanes of at least 4 members (excludes halogenated alkanes) is 1. The maximum atomic E-state index is 12.1. The van der Waals surface area contributed by atoms with Crippen molar-refractivity contribution >= 4 is 35.1 Å². The number of carbonyl (C=O) groups is 4. The van der Waals surface area contributed by atoms with Crippen molar-refractivity contribution in [1.82, 2.24) is 0 Å². The van der Waals surface area contributed by atoms with Crippen LogP contribution in [0.3, 0.4) is 0 Å². The molecule has 0 saturated carbocycles. The Morgan fingerprint density at radius 3 is 2.24 bits per heavy atom. The second-order valence-electron chi connectivity index (χ2n) is 7.33. The molecule has 0 unspecified atom stereocenters. The number of para-hydroxylation sites is 1. The van der Waals surface area contributed by atoms with Gasteiger partial charge in [0.2, 0.25) is 5.91 Å². The van der Waals surface area contributed by atoms with E-state index in [2.05, 4.69) is 10.6 Å². The summed E-state index contributed by atoms with van der Waals surface area (Å²) in [7, 11) is 0. The lowest BCUT2D eigenvalue weighted by Crippen LogP contribution is -2.22. The van der Waals surface area contributed by atoms with Gasteiger partial charge < -0.3 is 20.1 Å². The van der Waals surface area contributed by atoms with Gasteiger partial charge in [-0.2, -0.15) is 0 Å². The molecule has 2 rings (SSSR count). The number of benzene rings is 2. The van der Waals surface area contributed by atoms with Crippen LogP contribution >= 0.6 is 0 Å². The Bertz CT molecular complexity index is 956. The number of anilines is 2. The largest absolute Gasteiger partial charge is 0.462 e. The van der Waals surface area contributed by atoms with Gasteiger partial charge in [0.05, 0.1) is 18.6 Å². The Kier molecular flexibility index (Phi) is 10.6. The minimum atomic E-state index is -0.644. The molecule has 0 fully saturated rings. The summed E-state index contributed by atoms with van der Waals surface area (Å²) >= 11 is 0. The molecule has 0 radical (unpaired) electrons. The van der Waals surface area contributed by atoms with Crippen LogP contribution in [0.2, 0.25) is 0 Å². The molecule has 0 aliphatic rings. The van der Waals surface area contributed by atoms with Crippen LogP contribution in [0.1, 0.15) is 55.5 Å². The van der Waals surface area contributed by atoms with Crippen LogP contribution in [0.5, 0.6) is 0 Å². The number of ether oxygens (including phenoxy) is 2. The molecule has 0 aliphatic heterocycles. The summed E-state index contributed by atoms with van der Waals surface area (Å²) in [5, 5.41) is 5.36. The first-order valence-electron chi connectivity index (χ1n) is 11.0. The highest BCUT2D eigenvalue weighted by molar-refractivity contribution is 5.95. The van der Waals surface area contributed by atoms with Crippen molar-refractivity contribution in [3.63, 3.8) is 0 Å². The number of esters is 2. The Labute approximate surface area is 193 Å². The van der Waals surface area contributed by atoms with E-state index in [9.17, 15) is 19.2 Å². The Balaban J connectivity index is 1.69. The molecule has 2 aromatic carbocycles. The zero-order valence-electron chi connectivity index (χ0n) is 19.0. The molecule has 2 aromatic rings. The lowest BCUT2D eigenvalue weighted by Gasteiger charge is -2.10. The van der Waals surface area contributed by atoms with Crippen LogP contribution in [0.4, 0.5) is 11.4 Å². The summed E-state index contributed by atoms with van der Waals surface area (Å²) in [6, 6.07) is 13.7. The van der Waals surface area contributed by atoms with Gasteiger partial charge in [0.15, 0.2) is 6.61 Å². The minimum Gasteiger partial charge on any atom is -0.462 e. The average Bonchev–Trinajstić information content (AvgIpc) is 2.82. The van der Waals surface area contributed by atoms with Gasteiger partial charge in [0.1, 0.15) is 0 Å². The van der Waals surface area contributed by atoms with Crippen LogP contribution in [0.25, 0.3) is 0 Å². The van der Waals surface area contributed by atoms with E-state index in [1.54, 1.807) is 30.3 Å². The van der Waals surface area contributed by atoms with E-state index in [0.29, 0.717) is 23.5 Å². The maximum absolute atomic E-state index is 12.1. The zero-order chi connectivity index (χ0) is 24.1. The van der Waals surface area contributed by atoms with E-state index >= 15 is 0 Å². The van der Waals surface area contributed by atoms with E-state index in [4.69, 9.17) is 9.47 Å². The Morgan fingerprint density at radius 1 is 0.818 bits per heavy atom. The second kappa shape index (κ2) is 13.7. The quantitative estimate of drug-likeness (QED) is 0.369. The monoisotopic (exact) mass is 454 g/mol. The molecule has 2 N–H and O–H groups in total. The number of rotatable bonds is 12. The molecule has 0 aromatic heterocycles. The molecule has 33 heavy (non-hydrogen) atoms. The predicted octanol–water partition coefficient (Wildman–Crippen LogP) is 4.11. The summed E-state index contributed by atoms with van der Waals surface area (Å²) < 4.78 is 10.1. The fourth-order valence-electron chi connectivity index (χ4n) is 2.88. The molecular formula is C25H30N2O6. The van der Waals surface area contributed by atoms with E-state index < -0.39 is 24.5 Å². The van der Waals surface area contributed by atoms with Crippen molar-refractivity contribution < 1.29 is 28.7 Å². The number of aryl methyl sites for hydroxylation is 1. The van der Waals surface area contributed by atoms with Gasteiger partial charge in [0.25, 0.3) is 5.91 Å². The van der Waals surface area contributed by atoms with Crippen LogP contribution < -0.4 is 10.6 Å². The third-order valence-corrected chi connectivity index (χ3v) is 4.73. The highest BCUT2D eigenvalue weighted by Crippen LogP contribution is 2.15. The molecule has 0 atom stereocenters. The molecule has 176 valence electrons. The smallest absolute Gasteiger partial charge is 0.338 e. The molecule has 0 aliphatic carbocycles. The Morgan fingerprint density at radius 2 is 1.55 bits per heavy atom. The normalized spacial score (nSPS) is 10.2. The van der Waals surface area contributed by atoms with Crippen molar-refractivity contribution in [3.8, 4) is 0 Å². The lowest BCUT2D eigenvalue weighted by atomic mass is 10.1. The summed E-state index contributed by atoms with van der Waals surface area (Å²) in [4.78, 5) is 47.8. The number of nitrogens with one attached hydrogen (secondary N) is 2. The minimum absolute atomic E-state index is 0.0973. The van der Waals surface area contributed by atoms with Crippen LogP contribution in [0, 0.1) is 0 Å². The van der Waals surface area contributed by atoms with Gasteiger partial charge in [-0.3, -0.25) is 14.4 Å². The predicted molar refractivity (Wildman–Crippen MR) is 125 cm³/mol. The zero-order valence-corrected chi connectivity index (χ0v) is 19.0. The van der Waals surface area contributed by atoms with E-state index in [-0.39, 0.29) is 18.7 Å². The Hall–Kier alpha value is -3.68. The fourth-order valence-corrected chi connectivity index (χ4v) is 2.88. The van der Waals surface area contributed by atoms with Gasteiger partial charge in [-0.05, 0) is 48.7 Å². The first-order valence-corrected chi connectivity index (χ1v) is 11.0. The summed E-state index contributed by atoms with van der Waals surface area (Å²) in [6.07, 6.45) is 2.25. The molecule has 8 heteroatoms. The first-order chi connectivity index (χ1) is 15.9. The SMILES string of the molecule is CCCCOC(=O)c1ccc(NC(=O)CCC(=O)OCC(=O)Nc2ccccc2CC)cc1. The van der Waals surface area contributed by atoms with Crippen LogP contribution in [-0.2, 0) is 30.3 Å². The van der Waals surface area contributed by atoms with Crippen molar-refractivity contribution in [2.24, 2.45) is 0 Å². The number of hydrogen-bond donors (Lipinski definition) is 2. The molecule has 8 nitrogen and oxygen atoms in total. The van der Waals surface area contributed by atoms with Crippen LogP contribution in [-0.4, -0.2) is 37.0 Å². The van der Waals surface area contributed by atoms with E-state index in [0.717, 1.165) is 24.8 Å². The average molecular weight is 455 g/mol. The topological polar surface area (TPSA) is 111 Å². The summed E-state index contributed by atoms with van der Waals surface area (Å²) in [6.45, 7) is 3.94. The highest BCUT2D eigenvalue weighted by Gasteiger charge is 2.12. The highest BCUT2D eigenvalue weighted by atomic mass is 16.5. The molecule has 0 saturated heterocycles. The molecule has 0 heterocycles. The van der Waals surface area contributed by atoms with Gasteiger partial charge >= 0.3 is 11.9 Å². The lowest BCUT2D eigenvalue weighted by molar-refractivity contribution is -0.147. The van der Waals surface area contributed by atoms with Gasteiger partial charge in [-0.15, -0.1) is 0 Å². The van der Waals surface area contributed by atoms with Crippen molar-refractivity contribution in [2.45, 2.75) is 46.0 Å². The van der Waals surface area contributed by atoms with E-state index in [1.807, 2.05) is 32.0 Å². The van der Waals surface area contributed by atoms with Crippen molar-refractivity contribution in [2.75, 3.05) is 23.8 Å². The second-order valence-corrected chi connectivity index (χ2v) is 7.33. The van der Waals surface area contributed by atoms with Gasteiger partial charge in [-0.25, -0.2) is 4.79 Å². The van der Waals surface area contributed by atoms with Crippen molar-refractivity contribution in [1.29, 1.82) is 0 Å². The number of carbonyl (C=O) groups excluding carboxylic acids is 4. The third-order valence-electron chi connectivity index (χ3n) is 4.73. The van der Waals surface area contributed by atoms with Gasteiger partial charge in [-0.1, -0.05) is 38.5 Å². The molecule has 2 amide bonds. The van der Waals surface area contributed by atoms with E-state index in [1.165, 1.54) is 0 Å². The molecular weight excluding hydrogens is 424 g/mol. The first kappa shape index (κ1) is 25.6. The fraction of sp³-hybridized carbons (Fsp3) is 0.360. The van der Waals surface area contributed by atoms with Gasteiger partial charge in [0, 0.05) is 17.8 Å². The summed E-state index contributed by atoms with van der Waals surface area (Å²) in [5.41, 5.74) is 2.55. The molecule has 0 bridgehead atoms. The molecule has 0 spiro atoms. The van der Waals surface area contributed by atoms with Crippen molar-refractivity contribution in [3.05, 3.63) is 59.7 Å². The standard InChI is InChI=1S/C25H30N2O6/c1-3-5-16-32-25(31)19-10-12-20(13-11-19)26-22(28)14-15-24(30)33-17-23(29)27-21-9-7-6-8-18(21)4-2/h6-13H,3-5,14-17H2,1-2H3,(H,26,28)(H,27,29).